The Morgan fingerprint density at radius 1 is 1.20 bits per heavy atom. The Balaban J connectivity index is 2.55. The number of carbonyl (C=O) groups is 2. The smallest absolute Gasteiger partial charge is 0.254 e. The van der Waals surface area contributed by atoms with Crippen molar-refractivity contribution in [2.24, 2.45) is 0 Å². The predicted molar refractivity (Wildman–Crippen MR) is 77.1 cm³/mol. The zero-order valence-electron chi connectivity index (χ0n) is 12.4. The minimum atomic E-state index is -0.710. The lowest BCUT2D eigenvalue weighted by Crippen LogP contribution is -2.46. The van der Waals surface area contributed by atoms with Gasteiger partial charge in [-0.15, -0.1) is 0 Å². The molecule has 0 aromatic heterocycles. The van der Waals surface area contributed by atoms with Crippen molar-refractivity contribution in [2.45, 2.75) is 32.4 Å². The molecule has 0 saturated heterocycles. The Morgan fingerprint density at radius 3 is 2.30 bits per heavy atom. The third kappa shape index (κ3) is 5.40. The number of rotatable bonds is 5. The van der Waals surface area contributed by atoms with Gasteiger partial charge >= 0.3 is 0 Å². The summed E-state index contributed by atoms with van der Waals surface area (Å²) >= 11 is 0. The van der Waals surface area contributed by atoms with E-state index >= 15 is 0 Å². The Labute approximate surface area is 119 Å². The maximum absolute atomic E-state index is 12.0. The van der Waals surface area contributed by atoms with E-state index in [9.17, 15) is 9.59 Å². The average molecular weight is 278 g/mol. The number of carbonyl (C=O) groups excluding carboxylic acids is 2. The lowest BCUT2D eigenvalue weighted by molar-refractivity contribution is -0.133. The van der Waals surface area contributed by atoms with Crippen LogP contribution in [0.25, 0.3) is 0 Å². The summed E-state index contributed by atoms with van der Waals surface area (Å²) in [7, 11) is 1.46. The van der Waals surface area contributed by atoms with E-state index in [-0.39, 0.29) is 23.9 Å². The van der Waals surface area contributed by atoms with Gasteiger partial charge in [-0.2, -0.15) is 0 Å². The van der Waals surface area contributed by atoms with Crippen LogP contribution in [0.5, 0.6) is 0 Å². The van der Waals surface area contributed by atoms with Gasteiger partial charge in [0.25, 0.3) is 5.91 Å². The molecule has 2 amide bonds. The summed E-state index contributed by atoms with van der Waals surface area (Å²) in [5, 5.41) is 5.36. The molecule has 0 saturated carbocycles. The first-order chi connectivity index (χ1) is 9.33. The van der Waals surface area contributed by atoms with Crippen LogP contribution < -0.4 is 10.6 Å². The molecule has 2 N–H and O–H groups in total. The highest BCUT2D eigenvalue weighted by atomic mass is 16.5. The quantitative estimate of drug-likeness (QED) is 0.855. The number of hydrogen-bond acceptors (Lipinski definition) is 3. The van der Waals surface area contributed by atoms with E-state index in [2.05, 4.69) is 10.6 Å². The molecular formula is C15H22N2O3. The van der Waals surface area contributed by atoms with E-state index < -0.39 is 6.10 Å². The molecule has 1 rings (SSSR count). The summed E-state index contributed by atoms with van der Waals surface area (Å²) in [6.45, 7) is 5.58. The molecule has 0 fully saturated rings. The van der Waals surface area contributed by atoms with Crippen molar-refractivity contribution >= 4 is 11.8 Å². The van der Waals surface area contributed by atoms with Gasteiger partial charge in [0, 0.05) is 12.6 Å². The van der Waals surface area contributed by atoms with Gasteiger partial charge in [0.1, 0.15) is 0 Å². The second kappa shape index (κ2) is 7.05. The van der Waals surface area contributed by atoms with Gasteiger partial charge in [-0.05, 0) is 26.3 Å². The first kappa shape index (κ1) is 16.2. The number of nitrogens with one attached hydrogen (secondary N) is 2. The largest absolute Gasteiger partial charge is 0.367 e. The normalized spacial score (nSPS) is 12.6. The van der Waals surface area contributed by atoms with E-state index in [0.717, 1.165) is 5.56 Å². The molecule has 0 spiro atoms. The lowest BCUT2D eigenvalue weighted by Gasteiger charge is -2.21. The SMILES string of the molecule is COC(C(=O)NCC(=O)NC(C)(C)C)c1ccccc1. The molecule has 1 unspecified atom stereocenters. The van der Waals surface area contributed by atoms with Crippen LogP contribution in [0.15, 0.2) is 30.3 Å². The Hall–Kier alpha value is -1.88. The van der Waals surface area contributed by atoms with Crippen molar-refractivity contribution in [3.8, 4) is 0 Å². The van der Waals surface area contributed by atoms with E-state index in [1.54, 1.807) is 0 Å². The molecule has 0 aliphatic carbocycles. The van der Waals surface area contributed by atoms with Crippen LogP contribution in [0.4, 0.5) is 0 Å². The van der Waals surface area contributed by atoms with Crippen molar-refractivity contribution in [2.75, 3.05) is 13.7 Å². The highest BCUT2D eigenvalue weighted by molar-refractivity contribution is 5.87. The standard InChI is InChI=1S/C15H22N2O3/c1-15(2,3)17-12(18)10-16-14(19)13(20-4)11-8-6-5-7-9-11/h5-9,13H,10H2,1-4H3,(H,16,19)(H,17,18). The number of methoxy groups -OCH3 is 1. The van der Waals surface area contributed by atoms with Crippen LogP contribution in [-0.2, 0) is 14.3 Å². The van der Waals surface area contributed by atoms with Crippen molar-refractivity contribution in [3.63, 3.8) is 0 Å². The third-order valence-electron chi connectivity index (χ3n) is 2.51. The Bertz CT molecular complexity index is 452. The molecule has 1 atom stereocenters. The molecule has 5 heteroatoms. The second-order valence-electron chi connectivity index (χ2n) is 5.54. The van der Waals surface area contributed by atoms with E-state index in [1.807, 2.05) is 51.1 Å². The van der Waals surface area contributed by atoms with Crippen molar-refractivity contribution in [3.05, 3.63) is 35.9 Å². The lowest BCUT2D eigenvalue weighted by atomic mass is 10.1. The fraction of sp³-hybridized carbons (Fsp3) is 0.467. The number of ether oxygens (including phenoxy) is 1. The zero-order valence-corrected chi connectivity index (χ0v) is 12.4. The maximum atomic E-state index is 12.0. The number of amides is 2. The molecule has 0 bridgehead atoms. The minimum absolute atomic E-state index is 0.0667. The van der Waals surface area contributed by atoms with Crippen LogP contribution in [-0.4, -0.2) is 31.0 Å². The number of benzene rings is 1. The molecule has 110 valence electrons. The van der Waals surface area contributed by atoms with E-state index in [4.69, 9.17) is 4.74 Å². The molecule has 5 nitrogen and oxygen atoms in total. The third-order valence-corrected chi connectivity index (χ3v) is 2.51. The van der Waals surface area contributed by atoms with Crippen molar-refractivity contribution in [1.82, 2.24) is 10.6 Å². The van der Waals surface area contributed by atoms with Crippen LogP contribution in [0.3, 0.4) is 0 Å². The van der Waals surface area contributed by atoms with Gasteiger partial charge < -0.3 is 15.4 Å². The van der Waals surface area contributed by atoms with Crippen LogP contribution in [0, 0.1) is 0 Å². The highest BCUT2D eigenvalue weighted by Gasteiger charge is 2.21. The topological polar surface area (TPSA) is 67.4 Å². The van der Waals surface area contributed by atoms with Gasteiger partial charge in [0.15, 0.2) is 6.10 Å². The number of hydrogen-bond donors (Lipinski definition) is 2. The van der Waals surface area contributed by atoms with Crippen molar-refractivity contribution in [1.29, 1.82) is 0 Å². The molecular weight excluding hydrogens is 256 g/mol. The molecule has 1 aromatic carbocycles. The molecule has 0 radical (unpaired) electrons. The van der Waals surface area contributed by atoms with Gasteiger partial charge in [-0.3, -0.25) is 9.59 Å². The second-order valence-corrected chi connectivity index (χ2v) is 5.54. The van der Waals surface area contributed by atoms with Gasteiger partial charge in [0.2, 0.25) is 5.91 Å². The zero-order chi connectivity index (χ0) is 15.2. The van der Waals surface area contributed by atoms with Gasteiger partial charge in [-0.25, -0.2) is 0 Å². The van der Waals surface area contributed by atoms with Crippen molar-refractivity contribution < 1.29 is 14.3 Å². The van der Waals surface area contributed by atoms with Gasteiger partial charge in [-0.1, -0.05) is 30.3 Å². The molecule has 0 aliphatic rings. The van der Waals surface area contributed by atoms with E-state index in [0.29, 0.717) is 0 Å². The van der Waals surface area contributed by atoms with Crippen LogP contribution in [0.2, 0.25) is 0 Å². The van der Waals surface area contributed by atoms with E-state index in [1.165, 1.54) is 7.11 Å². The molecule has 0 aliphatic heterocycles. The summed E-state index contributed by atoms with van der Waals surface area (Å²) in [6, 6.07) is 9.15. The molecule has 20 heavy (non-hydrogen) atoms. The summed E-state index contributed by atoms with van der Waals surface area (Å²) in [6.07, 6.45) is -0.710. The fourth-order valence-corrected chi connectivity index (χ4v) is 1.74. The molecule has 0 heterocycles. The predicted octanol–water partition coefficient (Wildman–Crippen LogP) is 1.40. The van der Waals surface area contributed by atoms with Gasteiger partial charge in [0.05, 0.1) is 6.54 Å². The highest BCUT2D eigenvalue weighted by Crippen LogP contribution is 2.15. The summed E-state index contributed by atoms with van der Waals surface area (Å²) in [5.74, 6) is -0.559. The first-order valence-corrected chi connectivity index (χ1v) is 6.50. The molecule has 1 aromatic rings. The monoisotopic (exact) mass is 278 g/mol. The Morgan fingerprint density at radius 2 is 1.80 bits per heavy atom. The summed E-state index contributed by atoms with van der Waals surface area (Å²) in [5.41, 5.74) is 0.436. The Kier molecular flexibility index (Phi) is 5.70. The fourth-order valence-electron chi connectivity index (χ4n) is 1.74. The summed E-state index contributed by atoms with van der Waals surface area (Å²) < 4.78 is 5.19. The minimum Gasteiger partial charge on any atom is -0.367 e. The first-order valence-electron chi connectivity index (χ1n) is 6.50. The maximum Gasteiger partial charge on any atom is 0.254 e. The summed E-state index contributed by atoms with van der Waals surface area (Å²) in [4.78, 5) is 23.7. The van der Waals surface area contributed by atoms with Crippen LogP contribution >= 0.6 is 0 Å². The average Bonchev–Trinajstić information content (AvgIpc) is 2.36. The van der Waals surface area contributed by atoms with Crippen LogP contribution in [0.1, 0.15) is 32.4 Å².